The summed E-state index contributed by atoms with van der Waals surface area (Å²) in [6.45, 7) is 5.56. The third-order valence-electron chi connectivity index (χ3n) is 3.94. The van der Waals surface area contributed by atoms with Gasteiger partial charge in [0.1, 0.15) is 5.69 Å². The van der Waals surface area contributed by atoms with Gasteiger partial charge in [-0.1, -0.05) is 22.0 Å². The van der Waals surface area contributed by atoms with Gasteiger partial charge in [-0.05, 0) is 38.2 Å². The Hall–Kier alpha value is -1.99. The Morgan fingerprint density at radius 3 is 2.62 bits per heavy atom. The zero-order valence-electron chi connectivity index (χ0n) is 13.8. The van der Waals surface area contributed by atoms with E-state index < -0.39 is 0 Å². The molecule has 0 aliphatic carbocycles. The summed E-state index contributed by atoms with van der Waals surface area (Å²) in [5, 5.41) is 2.88. The van der Waals surface area contributed by atoms with Crippen LogP contribution in [0.25, 0.3) is 0 Å². The number of nitrogens with zero attached hydrogens (tertiary/aromatic N) is 4. The Morgan fingerprint density at radius 1 is 1.17 bits per heavy atom. The van der Waals surface area contributed by atoms with Crippen LogP contribution < -0.4 is 10.2 Å². The molecule has 0 saturated carbocycles. The van der Waals surface area contributed by atoms with Crippen molar-refractivity contribution in [1.82, 2.24) is 14.9 Å². The van der Waals surface area contributed by atoms with Gasteiger partial charge in [-0.3, -0.25) is 4.79 Å². The summed E-state index contributed by atoms with van der Waals surface area (Å²) in [6, 6.07) is 9.20. The largest absolute Gasteiger partial charge is 0.338 e. The van der Waals surface area contributed by atoms with Crippen LogP contribution in [0.2, 0.25) is 0 Å². The number of amides is 1. The molecule has 7 heteroatoms. The molecule has 2 heterocycles. The van der Waals surface area contributed by atoms with E-state index in [2.05, 4.69) is 48.1 Å². The molecule has 0 bridgehead atoms. The summed E-state index contributed by atoms with van der Waals surface area (Å²) in [7, 11) is 2.10. The highest BCUT2D eigenvalue weighted by molar-refractivity contribution is 9.10. The third kappa shape index (κ3) is 4.10. The summed E-state index contributed by atoms with van der Waals surface area (Å²) in [5.41, 5.74) is 1.90. The van der Waals surface area contributed by atoms with Crippen LogP contribution in [-0.2, 0) is 0 Å². The maximum absolute atomic E-state index is 12.5. The zero-order chi connectivity index (χ0) is 17.1. The van der Waals surface area contributed by atoms with Gasteiger partial charge in [0.15, 0.2) is 0 Å². The molecule has 1 fully saturated rings. The number of aromatic nitrogens is 2. The van der Waals surface area contributed by atoms with Gasteiger partial charge in [-0.25, -0.2) is 9.97 Å². The van der Waals surface area contributed by atoms with Crippen molar-refractivity contribution in [1.29, 1.82) is 0 Å². The van der Waals surface area contributed by atoms with Crippen molar-refractivity contribution < 1.29 is 4.79 Å². The first-order chi connectivity index (χ1) is 11.5. The molecule has 1 aromatic carbocycles. The monoisotopic (exact) mass is 389 g/mol. The molecule has 0 radical (unpaired) electrons. The van der Waals surface area contributed by atoms with Crippen molar-refractivity contribution in [2.24, 2.45) is 0 Å². The van der Waals surface area contributed by atoms with E-state index in [1.165, 1.54) is 0 Å². The number of nitrogens with one attached hydrogen (secondary N) is 1. The molecule has 1 amide bonds. The molecule has 3 rings (SSSR count). The summed E-state index contributed by atoms with van der Waals surface area (Å²) in [6.07, 6.45) is 0. The van der Waals surface area contributed by atoms with Gasteiger partial charge in [0, 0.05) is 42.0 Å². The summed E-state index contributed by atoms with van der Waals surface area (Å²) < 4.78 is 0.914. The first kappa shape index (κ1) is 16.9. The fourth-order valence-electron chi connectivity index (χ4n) is 2.58. The molecule has 1 aliphatic heterocycles. The number of hydrogen-bond acceptors (Lipinski definition) is 5. The zero-order valence-corrected chi connectivity index (χ0v) is 15.4. The van der Waals surface area contributed by atoms with Crippen LogP contribution in [0.4, 0.5) is 11.6 Å². The molecule has 2 aromatic rings. The molecule has 0 spiro atoms. The summed E-state index contributed by atoms with van der Waals surface area (Å²) in [4.78, 5) is 25.9. The molecule has 1 saturated heterocycles. The topological polar surface area (TPSA) is 61.4 Å². The lowest BCUT2D eigenvalue weighted by Crippen LogP contribution is -2.45. The predicted molar refractivity (Wildman–Crippen MR) is 98.6 cm³/mol. The number of benzene rings is 1. The number of piperazine rings is 1. The van der Waals surface area contributed by atoms with E-state index in [9.17, 15) is 4.79 Å². The molecule has 0 unspecified atom stereocenters. The van der Waals surface area contributed by atoms with Crippen molar-refractivity contribution in [2.45, 2.75) is 6.92 Å². The van der Waals surface area contributed by atoms with Gasteiger partial charge in [-0.15, -0.1) is 0 Å². The molecule has 1 N–H and O–H groups in total. The van der Waals surface area contributed by atoms with Gasteiger partial charge in [0.2, 0.25) is 5.95 Å². The smallest absolute Gasteiger partial charge is 0.274 e. The number of hydrogen-bond donors (Lipinski definition) is 1. The molecule has 0 atom stereocenters. The number of carbonyl (C=O) groups is 1. The van der Waals surface area contributed by atoms with Crippen molar-refractivity contribution in [3.8, 4) is 0 Å². The maximum atomic E-state index is 12.5. The second kappa shape index (κ2) is 7.27. The molecular weight excluding hydrogens is 370 g/mol. The minimum absolute atomic E-state index is 0.228. The summed E-state index contributed by atoms with van der Waals surface area (Å²) in [5.74, 6) is 0.400. The van der Waals surface area contributed by atoms with E-state index in [0.717, 1.165) is 42.0 Å². The third-order valence-corrected chi connectivity index (χ3v) is 4.44. The number of likely N-dealkylation sites (N-methyl/N-ethyl adjacent to an activating group) is 1. The predicted octanol–water partition coefficient (Wildman–Crippen LogP) is 2.55. The lowest BCUT2D eigenvalue weighted by molar-refractivity contribution is 0.102. The highest BCUT2D eigenvalue weighted by Crippen LogP contribution is 2.17. The van der Waals surface area contributed by atoms with E-state index in [1.54, 1.807) is 6.07 Å². The van der Waals surface area contributed by atoms with Crippen LogP contribution in [0.5, 0.6) is 0 Å². The van der Waals surface area contributed by atoms with Crippen LogP contribution in [0.1, 0.15) is 16.2 Å². The lowest BCUT2D eigenvalue weighted by Gasteiger charge is -2.32. The van der Waals surface area contributed by atoms with Crippen molar-refractivity contribution in [3.05, 3.63) is 46.2 Å². The van der Waals surface area contributed by atoms with Crippen LogP contribution in [0.3, 0.4) is 0 Å². The van der Waals surface area contributed by atoms with Crippen LogP contribution >= 0.6 is 15.9 Å². The first-order valence-electron chi connectivity index (χ1n) is 7.87. The Morgan fingerprint density at radius 2 is 1.92 bits per heavy atom. The average Bonchev–Trinajstić information content (AvgIpc) is 2.55. The van der Waals surface area contributed by atoms with Gasteiger partial charge >= 0.3 is 0 Å². The van der Waals surface area contributed by atoms with Crippen LogP contribution in [0, 0.1) is 6.92 Å². The van der Waals surface area contributed by atoms with Crippen LogP contribution in [-0.4, -0.2) is 54.0 Å². The maximum Gasteiger partial charge on any atom is 0.274 e. The standard InChI is InChI=1S/C17H20BrN5O/c1-12-10-15(16(24)20-14-5-3-4-13(18)11-14)21-17(19-12)23-8-6-22(2)7-9-23/h3-5,10-11H,6-9H2,1-2H3,(H,20,24). The van der Waals surface area contributed by atoms with Gasteiger partial charge in [-0.2, -0.15) is 0 Å². The summed E-state index contributed by atoms with van der Waals surface area (Å²) >= 11 is 3.40. The SMILES string of the molecule is Cc1cc(C(=O)Nc2cccc(Br)c2)nc(N2CCN(C)CC2)n1. The number of halogens is 1. The van der Waals surface area contributed by atoms with Crippen LogP contribution in [0.15, 0.2) is 34.8 Å². The Balaban J connectivity index is 1.79. The highest BCUT2D eigenvalue weighted by Gasteiger charge is 2.19. The number of rotatable bonds is 3. The Kier molecular flexibility index (Phi) is 5.11. The Labute approximate surface area is 150 Å². The molecule has 6 nitrogen and oxygen atoms in total. The van der Waals surface area contributed by atoms with E-state index in [0.29, 0.717) is 11.6 Å². The van der Waals surface area contributed by atoms with Crippen molar-refractivity contribution in [3.63, 3.8) is 0 Å². The van der Waals surface area contributed by atoms with E-state index >= 15 is 0 Å². The second-order valence-electron chi connectivity index (χ2n) is 5.95. The van der Waals surface area contributed by atoms with E-state index in [4.69, 9.17) is 0 Å². The van der Waals surface area contributed by atoms with E-state index in [1.807, 2.05) is 31.2 Å². The number of anilines is 2. The highest BCUT2D eigenvalue weighted by atomic mass is 79.9. The van der Waals surface area contributed by atoms with Crippen molar-refractivity contribution in [2.75, 3.05) is 43.4 Å². The minimum atomic E-state index is -0.228. The van der Waals surface area contributed by atoms with Crippen molar-refractivity contribution >= 4 is 33.5 Å². The minimum Gasteiger partial charge on any atom is -0.338 e. The quantitative estimate of drug-likeness (QED) is 0.873. The molecule has 24 heavy (non-hydrogen) atoms. The number of carbonyl (C=O) groups excluding carboxylic acids is 1. The molecular formula is C17H20BrN5O. The average molecular weight is 390 g/mol. The normalized spacial score (nSPS) is 15.4. The molecule has 1 aromatic heterocycles. The molecule has 1 aliphatic rings. The fraction of sp³-hybridized carbons (Fsp3) is 0.353. The lowest BCUT2D eigenvalue weighted by atomic mass is 10.2. The van der Waals surface area contributed by atoms with Gasteiger partial charge in [0.05, 0.1) is 0 Å². The number of aryl methyl sites for hydroxylation is 1. The first-order valence-corrected chi connectivity index (χ1v) is 8.66. The van der Waals surface area contributed by atoms with Gasteiger partial charge in [0.25, 0.3) is 5.91 Å². The second-order valence-corrected chi connectivity index (χ2v) is 6.87. The Bertz CT molecular complexity index is 744. The molecule has 126 valence electrons. The van der Waals surface area contributed by atoms with Gasteiger partial charge < -0.3 is 15.1 Å². The fourth-order valence-corrected chi connectivity index (χ4v) is 2.98. The van der Waals surface area contributed by atoms with E-state index in [-0.39, 0.29) is 5.91 Å².